The molecule has 0 saturated heterocycles. The Balaban J connectivity index is 2.17. The summed E-state index contributed by atoms with van der Waals surface area (Å²) < 4.78 is 28.5. The Bertz CT molecular complexity index is 692. The SMILES string of the molecule is CCNC(C)c1ccc(S(=O)(=O)Nc2ccn(C)n2)cc1. The maximum absolute atomic E-state index is 12.2. The first kappa shape index (κ1) is 15.5. The molecule has 1 heterocycles. The second-order valence-corrected chi connectivity index (χ2v) is 6.51. The molecule has 0 saturated carbocycles. The lowest BCUT2D eigenvalue weighted by molar-refractivity contribution is 0.594. The van der Waals surface area contributed by atoms with Gasteiger partial charge >= 0.3 is 0 Å². The second kappa shape index (κ2) is 6.28. The van der Waals surface area contributed by atoms with Crippen molar-refractivity contribution in [2.45, 2.75) is 24.8 Å². The summed E-state index contributed by atoms with van der Waals surface area (Å²) >= 11 is 0. The predicted octanol–water partition coefficient (Wildman–Crippen LogP) is 1.89. The molecule has 0 amide bonds. The Kier molecular flexibility index (Phi) is 4.64. The first-order valence-electron chi connectivity index (χ1n) is 6.78. The molecule has 6 nitrogen and oxygen atoms in total. The van der Waals surface area contributed by atoms with Crippen molar-refractivity contribution in [1.82, 2.24) is 15.1 Å². The molecule has 1 aromatic carbocycles. The maximum Gasteiger partial charge on any atom is 0.263 e. The topological polar surface area (TPSA) is 76.0 Å². The van der Waals surface area contributed by atoms with E-state index in [4.69, 9.17) is 0 Å². The van der Waals surface area contributed by atoms with Gasteiger partial charge in [0, 0.05) is 25.4 Å². The zero-order chi connectivity index (χ0) is 15.5. The van der Waals surface area contributed by atoms with E-state index in [2.05, 4.69) is 15.1 Å². The van der Waals surface area contributed by atoms with Crippen LogP contribution in [-0.2, 0) is 17.1 Å². The van der Waals surface area contributed by atoms with Crippen LogP contribution < -0.4 is 10.0 Å². The number of hydrogen-bond acceptors (Lipinski definition) is 4. The van der Waals surface area contributed by atoms with E-state index in [1.165, 1.54) is 0 Å². The molecule has 21 heavy (non-hydrogen) atoms. The quantitative estimate of drug-likeness (QED) is 0.854. The number of benzene rings is 1. The highest BCUT2D eigenvalue weighted by Crippen LogP contribution is 2.18. The van der Waals surface area contributed by atoms with Gasteiger partial charge in [-0.25, -0.2) is 8.42 Å². The van der Waals surface area contributed by atoms with Crippen LogP contribution in [0.2, 0.25) is 0 Å². The molecular weight excluding hydrogens is 288 g/mol. The van der Waals surface area contributed by atoms with Crippen molar-refractivity contribution in [3.8, 4) is 0 Å². The van der Waals surface area contributed by atoms with Gasteiger partial charge in [-0.3, -0.25) is 9.40 Å². The minimum absolute atomic E-state index is 0.190. The van der Waals surface area contributed by atoms with E-state index in [9.17, 15) is 8.42 Å². The zero-order valence-electron chi connectivity index (χ0n) is 12.4. The Morgan fingerprint density at radius 3 is 2.43 bits per heavy atom. The molecule has 114 valence electrons. The number of hydrogen-bond donors (Lipinski definition) is 2. The second-order valence-electron chi connectivity index (χ2n) is 4.83. The molecule has 1 aromatic heterocycles. The number of rotatable bonds is 6. The molecule has 2 rings (SSSR count). The zero-order valence-corrected chi connectivity index (χ0v) is 13.2. The van der Waals surface area contributed by atoms with Crippen molar-refractivity contribution in [2.75, 3.05) is 11.3 Å². The predicted molar refractivity (Wildman–Crippen MR) is 82.6 cm³/mol. The number of anilines is 1. The number of nitrogens with one attached hydrogen (secondary N) is 2. The summed E-state index contributed by atoms with van der Waals surface area (Å²) in [5.41, 5.74) is 1.05. The van der Waals surface area contributed by atoms with Crippen molar-refractivity contribution < 1.29 is 8.42 Å². The highest BCUT2D eigenvalue weighted by atomic mass is 32.2. The molecule has 0 spiro atoms. The van der Waals surface area contributed by atoms with Gasteiger partial charge in [0.2, 0.25) is 0 Å². The van der Waals surface area contributed by atoms with Crippen molar-refractivity contribution >= 4 is 15.8 Å². The van der Waals surface area contributed by atoms with Gasteiger partial charge in [-0.05, 0) is 31.2 Å². The third-order valence-corrected chi connectivity index (χ3v) is 4.52. The van der Waals surface area contributed by atoms with Gasteiger partial charge in [0.25, 0.3) is 10.0 Å². The average molecular weight is 308 g/mol. The average Bonchev–Trinajstić information content (AvgIpc) is 2.84. The van der Waals surface area contributed by atoms with Crippen molar-refractivity contribution in [1.29, 1.82) is 0 Å². The summed E-state index contributed by atoms with van der Waals surface area (Å²) in [6.07, 6.45) is 1.68. The largest absolute Gasteiger partial charge is 0.310 e. The minimum Gasteiger partial charge on any atom is -0.310 e. The minimum atomic E-state index is -3.60. The highest BCUT2D eigenvalue weighted by molar-refractivity contribution is 7.92. The summed E-state index contributed by atoms with van der Waals surface area (Å²) in [5.74, 6) is 0.308. The fourth-order valence-electron chi connectivity index (χ4n) is 2.03. The van der Waals surface area contributed by atoms with Crippen LogP contribution in [0.4, 0.5) is 5.82 Å². The Hall–Kier alpha value is -1.86. The summed E-state index contributed by atoms with van der Waals surface area (Å²) in [6, 6.07) is 8.65. The molecule has 0 aliphatic heterocycles. The third kappa shape index (κ3) is 3.83. The number of nitrogens with zero attached hydrogens (tertiary/aromatic N) is 2. The lowest BCUT2D eigenvalue weighted by atomic mass is 10.1. The summed E-state index contributed by atoms with van der Waals surface area (Å²) in [5, 5.41) is 7.29. The van der Waals surface area contributed by atoms with Gasteiger partial charge in [-0.1, -0.05) is 19.1 Å². The first-order valence-corrected chi connectivity index (χ1v) is 8.26. The summed E-state index contributed by atoms with van der Waals surface area (Å²) in [4.78, 5) is 0.223. The molecule has 1 atom stereocenters. The number of aryl methyl sites for hydroxylation is 1. The Morgan fingerprint density at radius 1 is 1.24 bits per heavy atom. The van der Waals surface area contributed by atoms with E-state index in [-0.39, 0.29) is 10.9 Å². The molecule has 2 N–H and O–H groups in total. The highest BCUT2D eigenvalue weighted by Gasteiger charge is 2.15. The van der Waals surface area contributed by atoms with Gasteiger partial charge in [0.05, 0.1) is 4.90 Å². The molecule has 0 aliphatic carbocycles. The van der Waals surface area contributed by atoms with E-state index >= 15 is 0 Å². The molecule has 2 aromatic rings. The van der Waals surface area contributed by atoms with Crippen molar-refractivity contribution in [3.63, 3.8) is 0 Å². The third-order valence-electron chi connectivity index (χ3n) is 3.15. The summed E-state index contributed by atoms with van der Waals surface area (Å²) in [7, 11) is -1.87. The maximum atomic E-state index is 12.2. The molecular formula is C14H20N4O2S. The molecule has 0 fully saturated rings. The van der Waals surface area contributed by atoms with Crippen molar-refractivity contribution in [2.24, 2.45) is 7.05 Å². The number of sulfonamides is 1. The molecule has 7 heteroatoms. The Morgan fingerprint density at radius 2 is 1.90 bits per heavy atom. The smallest absolute Gasteiger partial charge is 0.263 e. The lowest BCUT2D eigenvalue weighted by Gasteiger charge is -2.13. The van der Waals surface area contributed by atoms with Crippen LogP contribution in [0.15, 0.2) is 41.4 Å². The van der Waals surface area contributed by atoms with Gasteiger partial charge < -0.3 is 5.32 Å². The van der Waals surface area contributed by atoms with E-state index in [1.807, 2.05) is 26.0 Å². The molecule has 0 aliphatic rings. The van der Waals surface area contributed by atoms with E-state index in [1.54, 1.807) is 36.1 Å². The van der Waals surface area contributed by atoms with E-state index in [0.29, 0.717) is 5.82 Å². The van der Waals surface area contributed by atoms with Gasteiger partial charge in [-0.15, -0.1) is 0 Å². The van der Waals surface area contributed by atoms with Crippen LogP contribution in [0, 0.1) is 0 Å². The van der Waals surface area contributed by atoms with Crippen LogP contribution in [0.5, 0.6) is 0 Å². The van der Waals surface area contributed by atoms with Crippen LogP contribution in [0.1, 0.15) is 25.5 Å². The first-order chi connectivity index (χ1) is 9.92. The Labute approximate surface area is 125 Å². The van der Waals surface area contributed by atoms with Crippen LogP contribution in [0.25, 0.3) is 0 Å². The van der Waals surface area contributed by atoms with E-state index < -0.39 is 10.0 Å². The van der Waals surface area contributed by atoms with Crippen LogP contribution >= 0.6 is 0 Å². The fourth-order valence-corrected chi connectivity index (χ4v) is 3.02. The standard InChI is InChI=1S/C14H20N4O2S/c1-4-15-11(2)12-5-7-13(8-6-12)21(19,20)17-14-9-10-18(3)16-14/h5-11,15H,4H2,1-3H3,(H,16,17). The van der Waals surface area contributed by atoms with Crippen LogP contribution in [-0.4, -0.2) is 24.7 Å². The van der Waals surface area contributed by atoms with E-state index in [0.717, 1.165) is 12.1 Å². The molecule has 0 bridgehead atoms. The van der Waals surface area contributed by atoms with Gasteiger partial charge in [-0.2, -0.15) is 5.10 Å². The lowest BCUT2D eigenvalue weighted by Crippen LogP contribution is -2.18. The van der Waals surface area contributed by atoms with Crippen molar-refractivity contribution in [3.05, 3.63) is 42.1 Å². The normalized spacial score (nSPS) is 13.1. The summed E-state index contributed by atoms with van der Waals surface area (Å²) in [6.45, 7) is 4.94. The fraction of sp³-hybridized carbons (Fsp3) is 0.357. The van der Waals surface area contributed by atoms with Gasteiger partial charge in [0.1, 0.15) is 0 Å². The molecule has 0 radical (unpaired) electrons. The molecule has 1 unspecified atom stereocenters. The number of aromatic nitrogens is 2. The monoisotopic (exact) mass is 308 g/mol. The van der Waals surface area contributed by atoms with Gasteiger partial charge in [0.15, 0.2) is 5.82 Å². The van der Waals surface area contributed by atoms with Crippen LogP contribution in [0.3, 0.4) is 0 Å².